The molecular formula is C20H23NO6. The zero-order chi connectivity index (χ0) is 19.8. The largest absolute Gasteiger partial charge is 0.495 e. The Labute approximate surface area is 158 Å². The molecule has 27 heavy (non-hydrogen) atoms. The van der Waals surface area contributed by atoms with Crippen LogP contribution < -0.4 is 19.5 Å². The lowest BCUT2D eigenvalue weighted by Gasteiger charge is -2.13. The van der Waals surface area contributed by atoms with E-state index in [9.17, 15) is 9.59 Å². The highest BCUT2D eigenvalue weighted by Gasteiger charge is 2.15. The van der Waals surface area contributed by atoms with Crippen LogP contribution in [0.4, 0.5) is 5.69 Å². The number of carbonyl (C=O) groups is 2. The van der Waals surface area contributed by atoms with Gasteiger partial charge in [-0.1, -0.05) is 12.1 Å². The van der Waals surface area contributed by atoms with E-state index in [1.165, 1.54) is 20.3 Å². The van der Waals surface area contributed by atoms with Gasteiger partial charge in [-0.05, 0) is 44.2 Å². The van der Waals surface area contributed by atoms with Gasteiger partial charge in [0, 0.05) is 0 Å². The van der Waals surface area contributed by atoms with Gasteiger partial charge in [0.05, 0.1) is 31.6 Å². The summed E-state index contributed by atoms with van der Waals surface area (Å²) in [6.45, 7) is 3.31. The first kappa shape index (κ1) is 20.1. The molecule has 0 radical (unpaired) electrons. The molecule has 7 nitrogen and oxygen atoms in total. The molecule has 0 heterocycles. The molecule has 1 amide bonds. The standard InChI is InChI=1S/C20H23NO6/c1-13(2)27-20(23)14-9-10-17(18(11-14)25-4)26-12-19(22)21-15-7-5-6-8-16(15)24-3/h5-11,13H,12H2,1-4H3,(H,21,22). The Morgan fingerprint density at radius 1 is 0.963 bits per heavy atom. The number of para-hydroxylation sites is 2. The summed E-state index contributed by atoms with van der Waals surface area (Å²) in [6, 6.07) is 11.7. The first-order chi connectivity index (χ1) is 12.9. The lowest BCUT2D eigenvalue weighted by molar-refractivity contribution is -0.118. The van der Waals surface area contributed by atoms with Gasteiger partial charge in [-0.25, -0.2) is 4.79 Å². The van der Waals surface area contributed by atoms with Crippen LogP contribution in [0.15, 0.2) is 42.5 Å². The topological polar surface area (TPSA) is 83.1 Å². The van der Waals surface area contributed by atoms with Gasteiger partial charge in [0.2, 0.25) is 0 Å². The molecule has 0 bridgehead atoms. The Morgan fingerprint density at radius 2 is 1.67 bits per heavy atom. The third-order valence-corrected chi connectivity index (χ3v) is 3.48. The fourth-order valence-corrected chi connectivity index (χ4v) is 2.27. The fraction of sp³-hybridized carbons (Fsp3) is 0.300. The zero-order valence-electron chi connectivity index (χ0n) is 15.8. The Bertz CT molecular complexity index is 803. The first-order valence-electron chi connectivity index (χ1n) is 8.39. The van der Waals surface area contributed by atoms with Crippen LogP contribution in [0.2, 0.25) is 0 Å². The second-order valence-electron chi connectivity index (χ2n) is 5.86. The summed E-state index contributed by atoms with van der Waals surface area (Å²) in [5, 5.41) is 2.72. The predicted molar refractivity (Wildman–Crippen MR) is 101 cm³/mol. The molecule has 7 heteroatoms. The van der Waals surface area contributed by atoms with E-state index in [1.54, 1.807) is 44.2 Å². The normalized spacial score (nSPS) is 10.3. The third kappa shape index (κ3) is 5.64. The summed E-state index contributed by atoms with van der Waals surface area (Å²) in [5.41, 5.74) is 0.888. The molecule has 0 atom stereocenters. The summed E-state index contributed by atoms with van der Waals surface area (Å²) in [4.78, 5) is 24.1. The molecule has 0 saturated heterocycles. The molecule has 0 aliphatic heterocycles. The second kappa shape index (κ2) is 9.47. The van der Waals surface area contributed by atoms with E-state index in [1.807, 2.05) is 6.07 Å². The maximum absolute atomic E-state index is 12.1. The number of methoxy groups -OCH3 is 2. The number of carbonyl (C=O) groups excluding carboxylic acids is 2. The molecule has 0 aliphatic carbocycles. The van der Waals surface area contributed by atoms with Crippen LogP contribution in [-0.2, 0) is 9.53 Å². The average molecular weight is 373 g/mol. The maximum Gasteiger partial charge on any atom is 0.338 e. The SMILES string of the molecule is COc1ccccc1NC(=O)COc1ccc(C(=O)OC(C)C)cc1OC. The van der Waals surface area contributed by atoms with Gasteiger partial charge in [0.25, 0.3) is 5.91 Å². The maximum atomic E-state index is 12.1. The lowest BCUT2D eigenvalue weighted by Crippen LogP contribution is -2.20. The fourth-order valence-electron chi connectivity index (χ4n) is 2.27. The van der Waals surface area contributed by atoms with E-state index in [0.717, 1.165) is 0 Å². The summed E-state index contributed by atoms with van der Waals surface area (Å²) in [7, 11) is 2.98. The van der Waals surface area contributed by atoms with Crippen molar-refractivity contribution in [1.29, 1.82) is 0 Å². The molecule has 0 saturated carbocycles. The van der Waals surface area contributed by atoms with E-state index in [4.69, 9.17) is 18.9 Å². The van der Waals surface area contributed by atoms with Gasteiger partial charge >= 0.3 is 5.97 Å². The second-order valence-corrected chi connectivity index (χ2v) is 5.86. The van der Waals surface area contributed by atoms with E-state index in [0.29, 0.717) is 28.5 Å². The van der Waals surface area contributed by atoms with Gasteiger partial charge in [-0.15, -0.1) is 0 Å². The number of hydrogen-bond donors (Lipinski definition) is 1. The van der Waals surface area contributed by atoms with E-state index < -0.39 is 5.97 Å². The molecule has 0 aromatic heterocycles. The molecule has 2 rings (SSSR count). The zero-order valence-corrected chi connectivity index (χ0v) is 15.8. The van der Waals surface area contributed by atoms with Crippen LogP contribution in [0.25, 0.3) is 0 Å². The van der Waals surface area contributed by atoms with Crippen molar-refractivity contribution in [2.45, 2.75) is 20.0 Å². The number of ether oxygens (including phenoxy) is 4. The van der Waals surface area contributed by atoms with Crippen molar-refractivity contribution in [3.63, 3.8) is 0 Å². The van der Waals surface area contributed by atoms with Gasteiger partial charge in [-0.3, -0.25) is 4.79 Å². The highest BCUT2D eigenvalue weighted by Crippen LogP contribution is 2.29. The minimum atomic E-state index is -0.455. The first-order valence-corrected chi connectivity index (χ1v) is 8.39. The van der Waals surface area contributed by atoms with Crippen molar-refractivity contribution >= 4 is 17.6 Å². The molecule has 144 valence electrons. The van der Waals surface area contributed by atoms with Crippen LogP contribution in [0, 0.1) is 0 Å². The number of benzene rings is 2. The summed E-state index contributed by atoms with van der Waals surface area (Å²) in [6.07, 6.45) is -0.224. The van der Waals surface area contributed by atoms with E-state index >= 15 is 0 Å². The van der Waals surface area contributed by atoms with Crippen LogP contribution >= 0.6 is 0 Å². The van der Waals surface area contributed by atoms with Gasteiger partial charge in [0.15, 0.2) is 18.1 Å². The Balaban J connectivity index is 2.02. The van der Waals surface area contributed by atoms with Gasteiger partial charge in [0.1, 0.15) is 5.75 Å². The van der Waals surface area contributed by atoms with Crippen molar-refractivity contribution in [3.05, 3.63) is 48.0 Å². The van der Waals surface area contributed by atoms with Gasteiger partial charge < -0.3 is 24.3 Å². The van der Waals surface area contributed by atoms with Crippen molar-refractivity contribution < 1.29 is 28.5 Å². The Kier molecular flexibility index (Phi) is 7.05. The number of esters is 1. The molecule has 0 fully saturated rings. The van der Waals surface area contributed by atoms with Crippen LogP contribution in [0.1, 0.15) is 24.2 Å². The average Bonchev–Trinajstić information content (AvgIpc) is 2.66. The summed E-state index contributed by atoms with van der Waals surface area (Å²) < 4.78 is 21.1. The molecule has 2 aromatic rings. The van der Waals surface area contributed by atoms with Crippen molar-refractivity contribution in [2.24, 2.45) is 0 Å². The van der Waals surface area contributed by atoms with Crippen molar-refractivity contribution in [1.82, 2.24) is 0 Å². The molecule has 0 unspecified atom stereocenters. The Morgan fingerprint density at radius 3 is 2.33 bits per heavy atom. The van der Waals surface area contributed by atoms with Crippen LogP contribution in [-0.4, -0.2) is 38.8 Å². The molecule has 0 aliphatic rings. The summed E-state index contributed by atoms with van der Waals surface area (Å²) >= 11 is 0. The van der Waals surface area contributed by atoms with Gasteiger partial charge in [-0.2, -0.15) is 0 Å². The lowest BCUT2D eigenvalue weighted by atomic mass is 10.2. The minimum absolute atomic E-state index is 0.224. The third-order valence-electron chi connectivity index (χ3n) is 3.48. The molecule has 1 N–H and O–H groups in total. The highest BCUT2D eigenvalue weighted by molar-refractivity contribution is 5.93. The number of hydrogen-bond acceptors (Lipinski definition) is 6. The quantitative estimate of drug-likeness (QED) is 0.715. The number of rotatable bonds is 8. The van der Waals surface area contributed by atoms with Crippen molar-refractivity contribution in [2.75, 3.05) is 26.1 Å². The number of amides is 1. The number of nitrogens with one attached hydrogen (secondary N) is 1. The van der Waals surface area contributed by atoms with E-state index in [2.05, 4.69) is 5.32 Å². The van der Waals surface area contributed by atoms with Crippen LogP contribution in [0.3, 0.4) is 0 Å². The Hall–Kier alpha value is -3.22. The molecular weight excluding hydrogens is 350 g/mol. The minimum Gasteiger partial charge on any atom is -0.495 e. The van der Waals surface area contributed by atoms with E-state index in [-0.39, 0.29) is 18.6 Å². The smallest absolute Gasteiger partial charge is 0.338 e. The predicted octanol–water partition coefficient (Wildman–Crippen LogP) is 3.29. The van der Waals surface area contributed by atoms with Crippen LogP contribution in [0.5, 0.6) is 17.2 Å². The van der Waals surface area contributed by atoms with Crippen molar-refractivity contribution in [3.8, 4) is 17.2 Å². The number of anilines is 1. The highest BCUT2D eigenvalue weighted by atomic mass is 16.5. The molecule has 0 spiro atoms. The monoisotopic (exact) mass is 373 g/mol. The summed E-state index contributed by atoms with van der Waals surface area (Å²) in [5.74, 6) is 0.414. The molecule has 2 aromatic carbocycles.